The second-order valence-corrected chi connectivity index (χ2v) is 25.6. The maximum atomic E-state index is 12.9. The van der Waals surface area contributed by atoms with Crippen LogP contribution in [0.2, 0.25) is 0 Å². The zero-order valence-corrected chi connectivity index (χ0v) is 55.4. The van der Waals surface area contributed by atoms with Crippen LogP contribution in [0.4, 0.5) is 0 Å². The Hall–Kier alpha value is -1.85. The summed E-state index contributed by atoms with van der Waals surface area (Å²) in [5.41, 5.74) is 0. The van der Waals surface area contributed by atoms with E-state index < -0.39 is 6.10 Å². The van der Waals surface area contributed by atoms with Crippen molar-refractivity contribution in [1.82, 2.24) is 0 Å². The lowest BCUT2D eigenvalue weighted by molar-refractivity contribution is -0.167. The highest BCUT2D eigenvalue weighted by Crippen LogP contribution is 2.20. The lowest BCUT2D eigenvalue weighted by atomic mass is 10.0. The summed E-state index contributed by atoms with van der Waals surface area (Å²) >= 11 is 0. The molecule has 0 aromatic heterocycles. The molecule has 0 amide bonds. The Morgan fingerprint density at radius 2 is 0.407 bits per heavy atom. The van der Waals surface area contributed by atoms with Crippen molar-refractivity contribution < 1.29 is 28.6 Å². The number of carbonyl (C=O) groups is 3. The van der Waals surface area contributed by atoms with Crippen molar-refractivity contribution in [2.75, 3.05) is 13.2 Å². The van der Waals surface area contributed by atoms with Gasteiger partial charge in [0.05, 0.1) is 0 Å². The van der Waals surface area contributed by atoms with E-state index in [9.17, 15) is 14.4 Å². The lowest BCUT2D eigenvalue weighted by Crippen LogP contribution is -2.30. The third kappa shape index (κ3) is 68.8. The zero-order valence-electron chi connectivity index (χ0n) is 55.4. The quantitative estimate of drug-likeness (QED) is 0.0261. The van der Waals surface area contributed by atoms with E-state index in [1.165, 1.54) is 334 Å². The van der Waals surface area contributed by atoms with Gasteiger partial charge in [0.2, 0.25) is 0 Å². The van der Waals surface area contributed by atoms with Crippen LogP contribution in [0.5, 0.6) is 0 Å². The molecule has 0 radical (unpaired) electrons. The lowest BCUT2D eigenvalue weighted by Gasteiger charge is -2.18. The summed E-state index contributed by atoms with van der Waals surface area (Å²) in [5.74, 6) is -0.836. The number of carbonyl (C=O) groups excluding carboxylic acids is 3. The summed E-state index contributed by atoms with van der Waals surface area (Å²) < 4.78 is 16.9. The highest BCUT2D eigenvalue weighted by atomic mass is 16.6. The fourth-order valence-electron chi connectivity index (χ4n) is 11.7. The molecule has 0 aliphatic rings. The number of hydrogen-bond acceptors (Lipinski definition) is 6. The first-order chi connectivity index (χ1) is 40.0. The minimum atomic E-state index is -0.764. The molecule has 6 nitrogen and oxygen atoms in total. The fraction of sp³-hybridized carbons (Fsp3) is 0.933. The average Bonchev–Trinajstić information content (AvgIpc) is 3.46. The third-order valence-corrected chi connectivity index (χ3v) is 17.3. The molecular formula is C75H144O6. The smallest absolute Gasteiger partial charge is 0.306 e. The largest absolute Gasteiger partial charge is 0.462 e. The van der Waals surface area contributed by atoms with Crippen LogP contribution in [0.1, 0.15) is 432 Å². The third-order valence-electron chi connectivity index (χ3n) is 17.3. The van der Waals surface area contributed by atoms with E-state index in [-0.39, 0.29) is 31.1 Å². The predicted octanol–water partition coefficient (Wildman–Crippen LogP) is 25.6. The van der Waals surface area contributed by atoms with E-state index in [2.05, 4.69) is 32.9 Å². The summed E-state index contributed by atoms with van der Waals surface area (Å²) in [7, 11) is 0. The van der Waals surface area contributed by atoms with Crippen molar-refractivity contribution in [3.63, 3.8) is 0 Å². The van der Waals surface area contributed by atoms with E-state index >= 15 is 0 Å². The number of hydrogen-bond donors (Lipinski definition) is 0. The van der Waals surface area contributed by atoms with Crippen LogP contribution < -0.4 is 0 Å². The molecule has 0 spiro atoms. The molecule has 81 heavy (non-hydrogen) atoms. The zero-order chi connectivity index (χ0) is 58.5. The van der Waals surface area contributed by atoms with Gasteiger partial charge in [-0.25, -0.2) is 0 Å². The highest BCUT2D eigenvalue weighted by Gasteiger charge is 2.20. The molecule has 0 heterocycles. The summed E-state index contributed by atoms with van der Waals surface area (Å²) in [5, 5.41) is 0. The molecule has 6 heteroatoms. The second-order valence-electron chi connectivity index (χ2n) is 25.6. The van der Waals surface area contributed by atoms with Gasteiger partial charge in [-0.3, -0.25) is 14.4 Å². The molecule has 0 saturated carbocycles. The maximum absolute atomic E-state index is 12.9. The molecule has 0 aliphatic heterocycles. The standard InChI is InChI=1S/C75H144O6/c1-4-7-10-13-16-18-20-22-24-26-28-30-32-34-36-37-39-40-42-44-46-48-50-52-54-56-59-62-65-68-74(77)80-71-72(70-79-73(76)67-64-61-58-15-12-9-6-3)81-75(78)69-66-63-60-57-55-53-51-49-47-45-43-41-38-35-33-31-29-27-25-23-21-19-17-14-11-8-5-2/h27,29,72H,4-26,28,30-71H2,1-3H3/b29-27-. The molecule has 480 valence electrons. The molecule has 0 bridgehead atoms. The van der Waals surface area contributed by atoms with Crippen molar-refractivity contribution >= 4 is 17.9 Å². The topological polar surface area (TPSA) is 78.9 Å². The van der Waals surface area contributed by atoms with E-state index in [0.717, 1.165) is 57.8 Å². The van der Waals surface area contributed by atoms with Crippen molar-refractivity contribution in [3.05, 3.63) is 12.2 Å². The van der Waals surface area contributed by atoms with Gasteiger partial charge in [0.25, 0.3) is 0 Å². The monoisotopic (exact) mass is 1140 g/mol. The van der Waals surface area contributed by atoms with E-state index in [4.69, 9.17) is 14.2 Å². The van der Waals surface area contributed by atoms with E-state index in [0.29, 0.717) is 19.3 Å². The van der Waals surface area contributed by atoms with E-state index in [1.54, 1.807) is 0 Å². The van der Waals surface area contributed by atoms with Crippen LogP contribution in [0.15, 0.2) is 12.2 Å². The van der Waals surface area contributed by atoms with Crippen molar-refractivity contribution in [1.29, 1.82) is 0 Å². The van der Waals surface area contributed by atoms with Crippen molar-refractivity contribution in [2.24, 2.45) is 0 Å². The van der Waals surface area contributed by atoms with Gasteiger partial charge in [0.15, 0.2) is 6.10 Å². The summed E-state index contributed by atoms with van der Waals surface area (Å²) in [6, 6.07) is 0. The molecule has 0 rings (SSSR count). The molecule has 1 atom stereocenters. The summed E-state index contributed by atoms with van der Waals surface area (Å²) in [6.45, 7) is 6.69. The average molecular weight is 1140 g/mol. The van der Waals surface area contributed by atoms with Crippen LogP contribution >= 0.6 is 0 Å². The first-order valence-electron chi connectivity index (χ1n) is 37.2. The van der Waals surface area contributed by atoms with Gasteiger partial charge in [-0.1, -0.05) is 380 Å². The number of rotatable bonds is 70. The van der Waals surface area contributed by atoms with Gasteiger partial charge >= 0.3 is 17.9 Å². The Bertz CT molecular complexity index is 1260. The van der Waals surface area contributed by atoms with Gasteiger partial charge < -0.3 is 14.2 Å². The number of allylic oxidation sites excluding steroid dienone is 2. The van der Waals surface area contributed by atoms with Gasteiger partial charge in [-0.15, -0.1) is 0 Å². The molecule has 0 aliphatic carbocycles. The molecule has 0 fully saturated rings. The van der Waals surface area contributed by atoms with Crippen LogP contribution in [0, 0.1) is 0 Å². The normalized spacial score (nSPS) is 12.0. The van der Waals surface area contributed by atoms with Gasteiger partial charge in [-0.2, -0.15) is 0 Å². The molecule has 0 N–H and O–H groups in total. The molecule has 1 unspecified atom stereocenters. The van der Waals surface area contributed by atoms with Crippen LogP contribution in [-0.2, 0) is 28.6 Å². The van der Waals surface area contributed by atoms with E-state index in [1.807, 2.05) is 0 Å². The molecule has 0 saturated heterocycles. The first-order valence-corrected chi connectivity index (χ1v) is 37.2. The minimum Gasteiger partial charge on any atom is -0.462 e. The minimum absolute atomic E-state index is 0.0631. The Morgan fingerprint density at radius 3 is 0.617 bits per heavy atom. The molecule has 0 aromatic carbocycles. The Kier molecular flexibility index (Phi) is 69.0. The summed E-state index contributed by atoms with van der Waals surface area (Å²) in [4.78, 5) is 38.2. The number of ether oxygens (including phenoxy) is 3. The maximum Gasteiger partial charge on any atom is 0.306 e. The van der Waals surface area contributed by atoms with Gasteiger partial charge in [0.1, 0.15) is 13.2 Å². The summed E-state index contributed by atoms with van der Waals surface area (Å²) in [6.07, 6.45) is 85.8. The Labute approximate surface area is 507 Å². The van der Waals surface area contributed by atoms with Crippen molar-refractivity contribution in [2.45, 2.75) is 438 Å². The highest BCUT2D eigenvalue weighted by molar-refractivity contribution is 5.71. The van der Waals surface area contributed by atoms with Crippen LogP contribution in [0.3, 0.4) is 0 Å². The SMILES string of the molecule is CCCCCCCCCC/C=C\CCCCCCCCCCCCCCCCCC(=O)OC(COC(=O)CCCCCCCCC)COC(=O)CCCCCCCCCCCCCCCCCCCCCCCCCCCCCCC. The second kappa shape index (κ2) is 70.6. The molecule has 0 aromatic rings. The van der Waals surface area contributed by atoms with Gasteiger partial charge in [-0.05, 0) is 44.9 Å². The number of unbranched alkanes of at least 4 members (excludes halogenated alkanes) is 57. The van der Waals surface area contributed by atoms with Crippen LogP contribution in [-0.4, -0.2) is 37.2 Å². The Morgan fingerprint density at radius 1 is 0.235 bits per heavy atom. The Balaban J connectivity index is 3.97. The predicted molar refractivity (Wildman–Crippen MR) is 353 cm³/mol. The van der Waals surface area contributed by atoms with Gasteiger partial charge in [0, 0.05) is 19.3 Å². The van der Waals surface area contributed by atoms with Crippen molar-refractivity contribution in [3.8, 4) is 0 Å². The first kappa shape index (κ1) is 79.2. The molecular weight excluding hydrogens is 997 g/mol. The van der Waals surface area contributed by atoms with Crippen LogP contribution in [0.25, 0.3) is 0 Å². The number of esters is 3. The fourth-order valence-corrected chi connectivity index (χ4v) is 11.7.